The van der Waals surface area contributed by atoms with E-state index in [1.54, 1.807) is 0 Å². The van der Waals surface area contributed by atoms with E-state index in [0.29, 0.717) is 0 Å². The van der Waals surface area contributed by atoms with E-state index in [-0.39, 0.29) is 0 Å². The number of nitrogens with one attached hydrogen (secondary N) is 1. The van der Waals surface area contributed by atoms with Crippen molar-refractivity contribution >= 4 is 27.5 Å². The van der Waals surface area contributed by atoms with Crippen LogP contribution in [0.25, 0.3) is 0 Å². The van der Waals surface area contributed by atoms with Gasteiger partial charge in [-0.3, -0.25) is 4.68 Å². The molecule has 1 N–H and O–H groups in total. The number of halogens is 2. The molecular weight excluding hydrogens is 302 g/mol. The monoisotopic (exact) mass is 321 g/mol. The largest absolute Gasteiger partial charge is 0.311 e. The number of alkyl halides is 1. The Morgan fingerprint density at radius 2 is 2.00 bits per heavy atom. The zero-order chi connectivity index (χ0) is 12.7. The summed E-state index contributed by atoms with van der Waals surface area (Å²) in [5.41, 5.74) is 2.26. The summed E-state index contributed by atoms with van der Waals surface area (Å²) in [6.45, 7) is 3.94. The predicted octanol–water partition coefficient (Wildman–Crippen LogP) is 3.38. The van der Waals surface area contributed by atoms with Gasteiger partial charge in [-0.15, -0.1) is 11.6 Å². The topological polar surface area (TPSA) is 29.9 Å². The van der Waals surface area contributed by atoms with Gasteiger partial charge in [-0.1, -0.05) is 12.8 Å². The molecule has 17 heavy (non-hydrogen) atoms. The summed E-state index contributed by atoms with van der Waals surface area (Å²) in [6, 6.07) is 0. The summed E-state index contributed by atoms with van der Waals surface area (Å²) in [6.07, 6.45) is 4.84. The summed E-state index contributed by atoms with van der Waals surface area (Å²) in [7, 11) is 1.98. The van der Waals surface area contributed by atoms with Crippen molar-refractivity contribution < 1.29 is 0 Å². The maximum atomic E-state index is 5.63. The molecule has 3 nitrogen and oxygen atoms in total. The first-order valence-electron chi connectivity index (χ1n) is 6.11. The van der Waals surface area contributed by atoms with Crippen LogP contribution in [0.5, 0.6) is 0 Å². The number of unbranched alkanes of at least 4 members (excludes halogenated alkanes) is 3. The molecule has 0 aromatic carbocycles. The Hall–Kier alpha value is -0.0600. The van der Waals surface area contributed by atoms with Gasteiger partial charge in [-0.05, 0) is 42.2 Å². The molecule has 0 unspecified atom stereocenters. The average molecular weight is 323 g/mol. The molecule has 1 aromatic rings. The standard InChI is InChI=1S/C12H21BrClN3/c1-10-12(13)11(17(2)16-10)9-15-8-6-4-3-5-7-14/h15H,3-9H2,1-2H3. The number of rotatable bonds is 8. The highest BCUT2D eigenvalue weighted by Crippen LogP contribution is 2.19. The lowest BCUT2D eigenvalue weighted by molar-refractivity contribution is 0.576. The molecule has 0 aliphatic carbocycles. The van der Waals surface area contributed by atoms with E-state index in [0.717, 1.165) is 35.6 Å². The summed E-state index contributed by atoms with van der Waals surface area (Å²) in [5, 5.41) is 7.81. The van der Waals surface area contributed by atoms with Crippen LogP contribution >= 0.6 is 27.5 Å². The van der Waals surface area contributed by atoms with E-state index in [2.05, 4.69) is 26.3 Å². The quantitative estimate of drug-likeness (QED) is 0.587. The molecule has 0 fully saturated rings. The van der Waals surface area contributed by atoms with Crippen molar-refractivity contribution in [3.05, 3.63) is 15.9 Å². The van der Waals surface area contributed by atoms with Gasteiger partial charge in [0.1, 0.15) is 0 Å². The van der Waals surface area contributed by atoms with Gasteiger partial charge in [0, 0.05) is 19.5 Å². The van der Waals surface area contributed by atoms with Crippen molar-refractivity contribution in [3.8, 4) is 0 Å². The molecule has 1 rings (SSSR count). The Balaban J connectivity index is 2.18. The minimum Gasteiger partial charge on any atom is -0.311 e. The molecule has 0 spiro atoms. The van der Waals surface area contributed by atoms with Crippen LogP contribution in [0.4, 0.5) is 0 Å². The second-order valence-corrected chi connectivity index (χ2v) is 5.42. The first-order chi connectivity index (χ1) is 8.16. The Kier molecular flexibility index (Phi) is 7.16. The van der Waals surface area contributed by atoms with Gasteiger partial charge in [0.15, 0.2) is 0 Å². The fraction of sp³-hybridized carbons (Fsp3) is 0.750. The lowest BCUT2D eigenvalue weighted by Gasteiger charge is -2.05. The molecule has 1 heterocycles. The van der Waals surface area contributed by atoms with Crippen LogP contribution in [-0.2, 0) is 13.6 Å². The second-order valence-electron chi connectivity index (χ2n) is 4.25. The zero-order valence-electron chi connectivity index (χ0n) is 10.6. The van der Waals surface area contributed by atoms with Crippen molar-refractivity contribution in [2.45, 2.75) is 39.2 Å². The number of nitrogens with zero attached hydrogens (tertiary/aromatic N) is 2. The van der Waals surface area contributed by atoms with Crippen molar-refractivity contribution in [1.29, 1.82) is 0 Å². The highest BCUT2D eigenvalue weighted by atomic mass is 79.9. The van der Waals surface area contributed by atoms with Crippen molar-refractivity contribution in [2.75, 3.05) is 12.4 Å². The van der Waals surface area contributed by atoms with Gasteiger partial charge in [-0.2, -0.15) is 5.10 Å². The first kappa shape index (κ1) is 15.0. The third-order valence-electron chi connectivity index (χ3n) is 2.79. The van der Waals surface area contributed by atoms with Crippen LogP contribution in [0.2, 0.25) is 0 Å². The molecule has 98 valence electrons. The van der Waals surface area contributed by atoms with Gasteiger partial charge < -0.3 is 5.32 Å². The zero-order valence-corrected chi connectivity index (χ0v) is 12.9. The van der Waals surface area contributed by atoms with Crippen molar-refractivity contribution in [2.24, 2.45) is 7.05 Å². The summed E-state index contributed by atoms with van der Waals surface area (Å²) >= 11 is 9.19. The lowest BCUT2D eigenvalue weighted by Crippen LogP contribution is -2.17. The average Bonchev–Trinajstić information content (AvgIpc) is 2.54. The fourth-order valence-electron chi connectivity index (χ4n) is 1.78. The third-order valence-corrected chi connectivity index (χ3v) is 4.09. The normalized spacial score (nSPS) is 11.1. The van der Waals surface area contributed by atoms with E-state index < -0.39 is 0 Å². The molecule has 0 aliphatic heterocycles. The van der Waals surface area contributed by atoms with E-state index in [9.17, 15) is 0 Å². The minimum atomic E-state index is 0.786. The third kappa shape index (κ3) is 4.98. The Labute approximate surface area is 117 Å². The number of aromatic nitrogens is 2. The molecular formula is C12H21BrClN3. The molecule has 5 heteroatoms. The van der Waals surface area contributed by atoms with E-state index >= 15 is 0 Å². The maximum Gasteiger partial charge on any atom is 0.0739 e. The van der Waals surface area contributed by atoms with Crippen molar-refractivity contribution in [3.63, 3.8) is 0 Å². The predicted molar refractivity (Wildman–Crippen MR) is 76.5 cm³/mol. The SMILES string of the molecule is Cc1nn(C)c(CNCCCCCCCl)c1Br. The second kappa shape index (κ2) is 8.11. The summed E-state index contributed by atoms with van der Waals surface area (Å²) < 4.78 is 3.05. The van der Waals surface area contributed by atoms with Gasteiger partial charge in [0.2, 0.25) is 0 Å². The first-order valence-corrected chi connectivity index (χ1v) is 7.44. The minimum absolute atomic E-state index is 0.786. The van der Waals surface area contributed by atoms with Crippen LogP contribution in [0.15, 0.2) is 4.47 Å². The van der Waals surface area contributed by atoms with E-state index in [1.807, 2.05) is 18.7 Å². The fourth-order valence-corrected chi connectivity index (χ4v) is 2.44. The number of hydrogen-bond donors (Lipinski definition) is 1. The molecule has 1 aromatic heterocycles. The van der Waals surface area contributed by atoms with E-state index in [1.165, 1.54) is 25.0 Å². The van der Waals surface area contributed by atoms with E-state index in [4.69, 9.17) is 11.6 Å². The van der Waals surface area contributed by atoms with Crippen LogP contribution in [0.1, 0.15) is 37.1 Å². The Morgan fingerprint density at radius 3 is 2.59 bits per heavy atom. The van der Waals surface area contributed by atoms with Gasteiger partial charge in [0.25, 0.3) is 0 Å². The molecule has 0 saturated carbocycles. The van der Waals surface area contributed by atoms with Crippen LogP contribution in [0, 0.1) is 6.92 Å². The molecule has 0 amide bonds. The highest BCUT2D eigenvalue weighted by molar-refractivity contribution is 9.10. The smallest absolute Gasteiger partial charge is 0.0739 e. The Bertz CT molecular complexity index is 339. The van der Waals surface area contributed by atoms with Gasteiger partial charge in [0.05, 0.1) is 15.9 Å². The molecule has 0 saturated heterocycles. The van der Waals surface area contributed by atoms with Gasteiger partial charge in [-0.25, -0.2) is 0 Å². The summed E-state index contributed by atoms with van der Waals surface area (Å²) in [5.74, 6) is 0.786. The van der Waals surface area contributed by atoms with Gasteiger partial charge >= 0.3 is 0 Å². The van der Waals surface area contributed by atoms with Crippen molar-refractivity contribution in [1.82, 2.24) is 15.1 Å². The Morgan fingerprint density at radius 1 is 1.29 bits per heavy atom. The van der Waals surface area contributed by atoms with Crippen LogP contribution in [0.3, 0.4) is 0 Å². The molecule has 0 atom stereocenters. The van der Waals surface area contributed by atoms with Crippen LogP contribution in [-0.4, -0.2) is 22.2 Å². The highest BCUT2D eigenvalue weighted by Gasteiger charge is 2.09. The molecule has 0 radical (unpaired) electrons. The number of hydrogen-bond acceptors (Lipinski definition) is 2. The number of aryl methyl sites for hydroxylation is 2. The lowest BCUT2D eigenvalue weighted by atomic mass is 10.2. The maximum absolute atomic E-state index is 5.63. The molecule has 0 bridgehead atoms. The summed E-state index contributed by atoms with van der Waals surface area (Å²) in [4.78, 5) is 0. The molecule has 0 aliphatic rings. The van der Waals surface area contributed by atoms with Crippen LogP contribution < -0.4 is 5.32 Å².